The second kappa shape index (κ2) is 8.75. The number of halogens is 2. The predicted octanol–water partition coefficient (Wildman–Crippen LogP) is 2.71. The van der Waals surface area contributed by atoms with Crippen LogP contribution in [0.15, 0.2) is 42.5 Å². The Kier molecular flexibility index (Phi) is 6.50. The number of carbonyl (C=O) groups excluding carboxylic acids is 3. The molecule has 0 aliphatic carbocycles. The third kappa shape index (κ3) is 4.83. The largest absolute Gasteiger partial charge is 0.350 e. The molecule has 1 unspecified atom stereocenters. The van der Waals surface area contributed by atoms with Gasteiger partial charge in [-0.25, -0.2) is 8.42 Å². The molecule has 0 aromatic heterocycles. The Balaban J connectivity index is 1.84. The number of imide groups is 1. The van der Waals surface area contributed by atoms with E-state index in [2.05, 4.69) is 5.32 Å². The Hall–Kier alpha value is -2.42. The average molecular weight is 469 g/mol. The van der Waals surface area contributed by atoms with Crippen LogP contribution in [0.4, 0.5) is 0 Å². The van der Waals surface area contributed by atoms with Crippen molar-refractivity contribution in [1.29, 1.82) is 0 Å². The van der Waals surface area contributed by atoms with Crippen LogP contribution in [0.2, 0.25) is 10.0 Å². The van der Waals surface area contributed by atoms with Crippen LogP contribution in [0, 0.1) is 0 Å². The quantitative estimate of drug-likeness (QED) is 0.629. The fourth-order valence-electron chi connectivity index (χ4n) is 3.16. The summed E-state index contributed by atoms with van der Waals surface area (Å²) in [6, 6.07) is 9.71. The van der Waals surface area contributed by atoms with Gasteiger partial charge < -0.3 is 5.32 Å². The summed E-state index contributed by atoms with van der Waals surface area (Å²) in [5, 5.41) is 3.41. The molecule has 0 bridgehead atoms. The number of hydrogen-bond donors (Lipinski definition) is 1. The number of nitrogens with zero attached hydrogens (tertiary/aromatic N) is 1. The minimum absolute atomic E-state index is 0.0212. The van der Waals surface area contributed by atoms with Gasteiger partial charge in [0.25, 0.3) is 11.8 Å². The molecule has 0 saturated carbocycles. The SMILES string of the molecule is CS(=O)(=O)CCC(C(=O)NCc1ccc(Cl)cc1Cl)N1C(=O)c2ccccc2C1=O. The first-order chi connectivity index (χ1) is 14.1. The van der Waals surface area contributed by atoms with Crippen molar-refractivity contribution in [2.75, 3.05) is 12.0 Å². The molecule has 0 saturated heterocycles. The molecule has 3 amide bonds. The Morgan fingerprint density at radius 2 is 1.67 bits per heavy atom. The van der Waals surface area contributed by atoms with Crippen LogP contribution >= 0.6 is 23.2 Å². The summed E-state index contributed by atoms with van der Waals surface area (Å²) in [6.45, 7) is 0.0212. The predicted molar refractivity (Wildman–Crippen MR) is 113 cm³/mol. The van der Waals surface area contributed by atoms with Crippen molar-refractivity contribution in [2.45, 2.75) is 19.0 Å². The van der Waals surface area contributed by atoms with E-state index in [1.54, 1.807) is 24.3 Å². The number of hydrogen-bond acceptors (Lipinski definition) is 5. The summed E-state index contributed by atoms with van der Waals surface area (Å²) in [5.41, 5.74) is 0.944. The highest BCUT2D eigenvalue weighted by atomic mass is 35.5. The van der Waals surface area contributed by atoms with E-state index in [0.717, 1.165) is 11.2 Å². The second-order valence-electron chi connectivity index (χ2n) is 6.91. The molecule has 1 heterocycles. The van der Waals surface area contributed by atoms with Gasteiger partial charge in [-0.1, -0.05) is 41.4 Å². The minimum Gasteiger partial charge on any atom is -0.350 e. The van der Waals surface area contributed by atoms with Crippen LogP contribution < -0.4 is 5.32 Å². The first-order valence-electron chi connectivity index (χ1n) is 8.95. The summed E-state index contributed by atoms with van der Waals surface area (Å²) in [4.78, 5) is 39.3. The van der Waals surface area contributed by atoms with Gasteiger partial charge in [-0.15, -0.1) is 0 Å². The Bertz CT molecular complexity index is 1100. The fraction of sp³-hybridized carbons (Fsp3) is 0.250. The lowest BCUT2D eigenvalue weighted by Crippen LogP contribution is -2.50. The average Bonchev–Trinajstić information content (AvgIpc) is 2.92. The molecular weight excluding hydrogens is 451 g/mol. The van der Waals surface area contributed by atoms with Crippen molar-refractivity contribution in [2.24, 2.45) is 0 Å². The maximum absolute atomic E-state index is 12.9. The van der Waals surface area contributed by atoms with E-state index < -0.39 is 33.6 Å². The molecule has 1 atom stereocenters. The number of fused-ring (bicyclic) bond motifs is 1. The fourth-order valence-corrected chi connectivity index (χ4v) is 4.29. The van der Waals surface area contributed by atoms with Crippen LogP contribution in [0.25, 0.3) is 0 Å². The third-order valence-electron chi connectivity index (χ3n) is 4.67. The van der Waals surface area contributed by atoms with Gasteiger partial charge in [0.05, 0.1) is 16.9 Å². The molecule has 0 radical (unpaired) electrons. The zero-order valence-corrected chi connectivity index (χ0v) is 18.2. The first kappa shape index (κ1) is 22.3. The zero-order valence-electron chi connectivity index (χ0n) is 15.9. The molecule has 7 nitrogen and oxygen atoms in total. The van der Waals surface area contributed by atoms with E-state index in [4.69, 9.17) is 23.2 Å². The molecule has 3 rings (SSSR count). The highest BCUT2D eigenvalue weighted by Crippen LogP contribution is 2.26. The molecule has 0 fully saturated rings. The third-order valence-corrected chi connectivity index (χ3v) is 6.23. The number of rotatable bonds is 7. The van der Waals surface area contributed by atoms with Crippen molar-refractivity contribution in [3.63, 3.8) is 0 Å². The van der Waals surface area contributed by atoms with Gasteiger partial charge in [-0.2, -0.15) is 0 Å². The lowest BCUT2D eigenvalue weighted by molar-refractivity contribution is -0.125. The van der Waals surface area contributed by atoms with Gasteiger partial charge in [-0.05, 0) is 36.2 Å². The number of nitrogens with one attached hydrogen (secondary N) is 1. The molecule has 30 heavy (non-hydrogen) atoms. The summed E-state index contributed by atoms with van der Waals surface area (Å²) in [7, 11) is -3.43. The number of carbonyl (C=O) groups is 3. The van der Waals surface area contributed by atoms with Crippen LogP contribution in [0.3, 0.4) is 0 Å². The van der Waals surface area contributed by atoms with Gasteiger partial charge in [0.1, 0.15) is 15.9 Å². The molecular formula is C20H18Cl2N2O5S. The molecule has 2 aromatic rings. The van der Waals surface area contributed by atoms with Crippen molar-refractivity contribution >= 4 is 50.8 Å². The first-order valence-corrected chi connectivity index (χ1v) is 11.8. The lowest BCUT2D eigenvalue weighted by Gasteiger charge is -2.25. The summed E-state index contributed by atoms with van der Waals surface area (Å²) < 4.78 is 23.3. The van der Waals surface area contributed by atoms with Crippen LogP contribution in [-0.4, -0.2) is 49.1 Å². The van der Waals surface area contributed by atoms with E-state index in [0.29, 0.717) is 15.6 Å². The Morgan fingerprint density at radius 3 is 2.20 bits per heavy atom. The van der Waals surface area contributed by atoms with Crippen molar-refractivity contribution in [3.8, 4) is 0 Å². The van der Waals surface area contributed by atoms with Gasteiger partial charge in [0.2, 0.25) is 5.91 Å². The van der Waals surface area contributed by atoms with Crippen LogP contribution in [0.1, 0.15) is 32.7 Å². The van der Waals surface area contributed by atoms with Gasteiger partial charge >= 0.3 is 0 Å². The van der Waals surface area contributed by atoms with Gasteiger partial charge in [0, 0.05) is 22.8 Å². The van der Waals surface area contributed by atoms with Crippen molar-refractivity contribution in [3.05, 3.63) is 69.2 Å². The Labute approximate surface area is 183 Å². The van der Waals surface area contributed by atoms with Crippen LogP contribution in [-0.2, 0) is 21.2 Å². The summed E-state index contributed by atoms with van der Waals surface area (Å²) in [5.74, 6) is -2.28. The van der Waals surface area contributed by atoms with Crippen molar-refractivity contribution in [1.82, 2.24) is 10.2 Å². The van der Waals surface area contributed by atoms with Crippen LogP contribution in [0.5, 0.6) is 0 Å². The zero-order chi connectivity index (χ0) is 22.1. The topological polar surface area (TPSA) is 101 Å². The number of amides is 3. The van der Waals surface area contributed by atoms with E-state index in [1.165, 1.54) is 18.2 Å². The molecule has 1 N–H and O–H groups in total. The lowest BCUT2D eigenvalue weighted by atomic mass is 10.1. The smallest absolute Gasteiger partial charge is 0.262 e. The van der Waals surface area contributed by atoms with E-state index in [1.807, 2.05) is 0 Å². The normalized spacial score (nSPS) is 14.6. The summed E-state index contributed by atoms with van der Waals surface area (Å²) in [6.07, 6.45) is 0.808. The molecule has 0 spiro atoms. The monoisotopic (exact) mass is 468 g/mol. The van der Waals surface area contributed by atoms with Crippen molar-refractivity contribution < 1.29 is 22.8 Å². The van der Waals surface area contributed by atoms with E-state index in [-0.39, 0.29) is 29.8 Å². The molecule has 1 aliphatic heterocycles. The summed E-state index contributed by atoms with van der Waals surface area (Å²) >= 11 is 12.0. The second-order valence-corrected chi connectivity index (χ2v) is 10.0. The van der Waals surface area contributed by atoms with Gasteiger partial charge in [-0.3, -0.25) is 19.3 Å². The molecule has 2 aromatic carbocycles. The maximum atomic E-state index is 12.9. The van der Waals surface area contributed by atoms with E-state index in [9.17, 15) is 22.8 Å². The maximum Gasteiger partial charge on any atom is 0.262 e. The molecule has 10 heteroatoms. The standard InChI is InChI=1S/C20H18Cl2N2O5S/c1-30(28,29)9-8-17(18(25)23-11-12-6-7-13(21)10-16(12)22)24-19(26)14-4-2-3-5-15(14)20(24)27/h2-7,10,17H,8-9,11H2,1H3,(H,23,25). The van der Waals surface area contributed by atoms with E-state index >= 15 is 0 Å². The minimum atomic E-state index is -3.43. The highest BCUT2D eigenvalue weighted by molar-refractivity contribution is 7.90. The molecule has 1 aliphatic rings. The Morgan fingerprint density at radius 1 is 1.07 bits per heavy atom. The molecule has 158 valence electrons. The number of sulfone groups is 1. The highest BCUT2D eigenvalue weighted by Gasteiger charge is 2.42. The number of benzene rings is 2. The van der Waals surface area contributed by atoms with Gasteiger partial charge in [0.15, 0.2) is 0 Å².